The van der Waals surface area contributed by atoms with Crippen LogP contribution >= 0.6 is 38.9 Å². The van der Waals surface area contributed by atoms with E-state index in [4.69, 9.17) is 11.6 Å². The van der Waals surface area contributed by atoms with E-state index in [-0.39, 0.29) is 0 Å². The second-order valence-corrected chi connectivity index (χ2v) is 6.84. The van der Waals surface area contributed by atoms with E-state index in [0.717, 1.165) is 11.3 Å². The van der Waals surface area contributed by atoms with Crippen LogP contribution in [0.15, 0.2) is 52.3 Å². The van der Waals surface area contributed by atoms with Crippen molar-refractivity contribution in [3.63, 3.8) is 0 Å². The number of thiazole rings is 1. The van der Waals surface area contributed by atoms with E-state index in [1.54, 1.807) is 0 Å². The Bertz CT molecular complexity index is 840. The Hall–Kier alpha value is -1.16. The van der Waals surface area contributed by atoms with Gasteiger partial charge in [0.05, 0.1) is 5.69 Å². The molecule has 0 fully saturated rings. The molecule has 4 rings (SSSR count). The summed E-state index contributed by atoms with van der Waals surface area (Å²) in [5.41, 5.74) is 3.33. The summed E-state index contributed by atoms with van der Waals surface area (Å²) in [5.74, 6) is 0. The van der Waals surface area contributed by atoms with Gasteiger partial charge in [-0.3, -0.25) is 0 Å². The van der Waals surface area contributed by atoms with Crippen LogP contribution in [0.3, 0.4) is 0 Å². The topological polar surface area (TPSA) is 12.9 Å². The van der Waals surface area contributed by atoms with Crippen molar-refractivity contribution in [2.75, 3.05) is 0 Å². The molecular formula is C16H11BrClNS. The fourth-order valence-corrected chi connectivity index (χ4v) is 3.23. The number of hydrogen-bond acceptors (Lipinski definition) is 2. The standard InChI is InChI=1S/C10H8ClNS.C6H3Br/c1-7-2-4-8(5-3-7)9-6-13-10(11)12-9;7-6-3-4-1-2-5(4)6/h2-6H,1H3;1-3H. The quantitative estimate of drug-likeness (QED) is 0.414. The molecule has 0 aliphatic heterocycles. The number of nitrogens with zero attached hydrogens (tertiary/aromatic N) is 1. The minimum Gasteiger partial charge on any atom is -0.225 e. The maximum absolute atomic E-state index is 5.75. The van der Waals surface area contributed by atoms with Crippen molar-refractivity contribution in [2.45, 2.75) is 6.92 Å². The highest BCUT2D eigenvalue weighted by Crippen LogP contribution is 2.24. The van der Waals surface area contributed by atoms with Gasteiger partial charge in [-0.2, -0.15) is 0 Å². The first-order valence-electron chi connectivity index (χ1n) is 6.11. The lowest BCUT2D eigenvalue weighted by atomic mass is 10.1. The van der Waals surface area contributed by atoms with Crippen molar-refractivity contribution in [3.05, 3.63) is 72.8 Å². The molecule has 1 heterocycles. The third kappa shape index (κ3) is 2.80. The number of halogens is 2. The van der Waals surface area contributed by atoms with Crippen LogP contribution in [0, 0.1) is 17.4 Å². The Morgan fingerprint density at radius 1 is 1.10 bits per heavy atom. The molecule has 100 valence electrons. The van der Waals surface area contributed by atoms with Crippen molar-refractivity contribution in [2.24, 2.45) is 0 Å². The van der Waals surface area contributed by atoms with Crippen LogP contribution in [0.4, 0.5) is 0 Å². The van der Waals surface area contributed by atoms with Crippen LogP contribution in [0.2, 0.25) is 4.47 Å². The Morgan fingerprint density at radius 2 is 1.85 bits per heavy atom. The maximum Gasteiger partial charge on any atom is 0.184 e. The summed E-state index contributed by atoms with van der Waals surface area (Å²) in [6, 6.07) is 14.6. The highest BCUT2D eigenvalue weighted by atomic mass is 79.9. The molecule has 0 saturated carbocycles. The third-order valence-electron chi connectivity index (χ3n) is 3.10. The molecular weight excluding hydrogens is 354 g/mol. The fraction of sp³-hybridized carbons (Fsp3) is 0.0625. The molecule has 1 nitrogen and oxygen atoms in total. The van der Waals surface area contributed by atoms with E-state index in [1.165, 1.54) is 31.8 Å². The first kappa shape index (κ1) is 13.8. The molecule has 0 N–H and O–H groups in total. The van der Waals surface area contributed by atoms with Crippen LogP contribution in [0.25, 0.3) is 11.3 Å². The summed E-state index contributed by atoms with van der Waals surface area (Å²) in [7, 11) is 0. The summed E-state index contributed by atoms with van der Waals surface area (Å²) in [5, 5.41) is 4.75. The van der Waals surface area contributed by atoms with Gasteiger partial charge in [-0.1, -0.05) is 69.5 Å². The molecule has 2 aliphatic rings. The van der Waals surface area contributed by atoms with E-state index in [9.17, 15) is 0 Å². The Balaban J connectivity index is 0.000000144. The number of hydrogen-bond donors (Lipinski definition) is 0. The molecule has 0 spiro atoms. The lowest BCUT2D eigenvalue weighted by Crippen LogP contribution is -1.85. The van der Waals surface area contributed by atoms with Crippen LogP contribution in [-0.2, 0) is 0 Å². The second kappa shape index (κ2) is 5.68. The molecule has 0 amide bonds. The normalized spacial score (nSPS) is 10.8. The van der Waals surface area contributed by atoms with Crippen molar-refractivity contribution < 1.29 is 0 Å². The van der Waals surface area contributed by atoms with E-state index in [0.29, 0.717) is 4.47 Å². The lowest BCUT2D eigenvalue weighted by Gasteiger charge is -2.02. The molecule has 1 aromatic heterocycles. The molecule has 0 unspecified atom stereocenters. The molecule has 0 atom stereocenters. The van der Waals surface area contributed by atoms with Crippen molar-refractivity contribution in [1.82, 2.24) is 4.98 Å². The third-order valence-corrected chi connectivity index (χ3v) is 4.74. The van der Waals surface area contributed by atoms with Gasteiger partial charge in [0.25, 0.3) is 0 Å². The number of aromatic nitrogens is 1. The molecule has 0 bridgehead atoms. The van der Waals surface area contributed by atoms with Gasteiger partial charge >= 0.3 is 0 Å². The summed E-state index contributed by atoms with van der Waals surface area (Å²) in [6.07, 6.45) is 0. The second-order valence-electron chi connectivity index (χ2n) is 4.55. The SMILES string of the molecule is Brc1cc2ccc1=2.Cc1ccc(-c2csc(Cl)n2)cc1. The monoisotopic (exact) mass is 363 g/mol. The average Bonchev–Trinajstić information content (AvgIpc) is 2.84. The molecule has 1 aromatic carbocycles. The zero-order valence-electron chi connectivity index (χ0n) is 10.7. The highest BCUT2D eigenvalue weighted by Gasteiger charge is 2.01. The molecule has 20 heavy (non-hydrogen) atoms. The Kier molecular flexibility index (Phi) is 3.92. The zero-order valence-corrected chi connectivity index (χ0v) is 13.9. The Morgan fingerprint density at radius 3 is 2.20 bits per heavy atom. The van der Waals surface area contributed by atoms with E-state index < -0.39 is 0 Å². The van der Waals surface area contributed by atoms with Crippen molar-refractivity contribution in [3.8, 4) is 11.3 Å². The van der Waals surface area contributed by atoms with Gasteiger partial charge in [-0.05, 0) is 23.4 Å². The zero-order chi connectivity index (χ0) is 14.1. The van der Waals surface area contributed by atoms with Gasteiger partial charge in [-0.15, -0.1) is 11.3 Å². The lowest BCUT2D eigenvalue weighted by molar-refractivity contribution is 1.34. The number of rotatable bonds is 1. The van der Waals surface area contributed by atoms with Gasteiger partial charge in [0.15, 0.2) is 4.47 Å². The van der Waals surface area contributed by atoms with E-state index in [2.05, 4.69) is 70.3 Å². The predicted molar refractivity (Wildman–Crippen MR) is 89.1 cm³/mol. The fourth-order valence-electron chi connectivity index (χ4n) is 1.85. The van der Waals surface area contributed by atoms with Crippen LogP contribution in [0.1, 0.15) is 5.56 Å². The summed E-state index contributed by atoms with van der Waals surface area (Å²) >= 11 is 10.6. The van der Waals surface area contributed by atoms with Gasteiger partial charge in [0, 0.05) is 15.4 Å². The van der Waals surface area contributed by atoms with E-state index in [1.807, 2.05) is 5.38 Å². The van der Waals surface area contributed by atoms with Crippen molar-refractivity contribution in [1.29, 1.82) is 0 Å². The average molecular weight is 365 g/mol. The Labute approximate surface area is 134 Å². The van der Waals surface area contributed by atoms with Gasteiger partial charge in [0.2, 0.25) is 0 Å². The van der Waals surface area contributed by atoms with Gasteiger partial charge in [-0.25, -0.2) is 4.98 Å². The number of benzene rings is 2. The summed E-state index contributed by atoms with van der Waals surface area (Å²) in [4.78, 5) is 4.19. The molecule has 2 aromatic rings. The van der Waals surface area contributed by atoms with Crippen LogP contribution in [0.5, 0.6) is 0 Å². The van der Waals surface area contributed by atoms with Crippen LogP contribution < -0.4 is 0 Å². The van der Waals surface area contributed by atoms with Gasteiger partial charge in [0.1, 0.15) is 0 Å². The van der Waals surface area contributed by atoms with Gasteiger partial charge < -0.3 is 0 Å². The highest BCUT2D eigenvalue weighted by molar-refractivity contribution is 9.10. The molecule has 2 aliphatic carbocycles. The first-order chi connectivity index (χ1) is 9.63. The summed E-state index contributed by atoms with van der Waals surface area (Å²) in [6.45, 7) is 2.07. The summed E-state index contributed by atoms with van der Waals surface area (Å²) < 4.78 is 1.85. The molecule has 0 saturated heterocycles. The molecule has 0 radical (unpaired) electrons. The molecule has 4 heteroatoms. The minimum atomic E-state index is 0.593. The maximum atomic E-state index is 5.75. The minimum absolute atomic E-state index is 0.593. The number of aryl methyl sites for hydroxylation is 1. The predicted octanol–water partition coefficient (Wildman–Crippen LogP) is 5.82. The largest absolute Gasteiger partial charge is 0.225 e. The van der Waals surface area contributed by atoms with Crippen LogP contribution in [-0.4, -0.2) is 4.98 Å². The smallest absolute Gasteiger partial charge is 0.184 e. The van der Waals surface area contributed by atoms with Crippen molar-refractivity contribution >= 4 is 38.9 Å². The first-order valence-corrected chi connectivity index (χ1v) is 8.16. The van der Waals surface area contributed by atoms with E-state index >= 15 is 0 Å².